The summed E-state index contributed by atoms with van der Waals surface area (Å²) >= 11 is 0. The highest BCUT2D eigenvalue weighted by Gasteiger charge is 2.31. The van der Waals surface area contributed by atoms with Crippen molar-refractivity contribution in [2.24, 2.45) is 0 Å². The number of likely N-dealkylation sites (tertiary alicyclic amines) is 1. The number of carbonyl (C=O) groups excluding carboxylic acids is 1. The molecule has 2 amide bonds. The minimum Gasteiger partial charge on any atom is -0.335 e. The zero-order valence-corrected chi connectivity index (χ0v) is 15.4. The van der Waals surface area contributed by atoms with E-state index < -0.39 is 0 Å². The first-order chi connectivity index (χ1) is 12.7. The summed E-state index contributed by atoms with van der Waals surface area (Å²) in [6.07, 6.45) is 2.03. The third-order valence-electron chi connectivity index (χ3n) is 5.62. The van der Waals surface area contributed by atoms with Crippen LogP contribution in [0.5, 0.6) is 0 Å². The number of rotatable bonds is 3. The van der Waals surface area contributed by atoms with Crippen molar-refractivity contribution in [1.29, 1.82) is 0 Å². The first-order valence-corrected chi connectivity index (χ1v) is 9.64. The van der Waals surface area contributed by atoms with Crippen molar-refractivity contribution in [1.82, 2.24) is 10.2 Å². The molecule has 0 spiro atoms. The van der Waals surface area contributed by atoms with Crippen molar-refractivity contribution in [3.8, 4) is 0 Å². The summed E-state index contributed by atoms with van der Waals surface area (Å²) in [5.74, 6) is 0.407. The van der Waals surface area contributed by atoms with Crippen molar-refractivity contribution in [3.63, 3.8) is 0 Å². The molecule has 1 fully saturated rings. The molecule has 1 N–H and O–H groups in total. The fraction of sp³-hybridized carbons (Fsp3) is 0.409. The molecule has 1 saturated heterocycles. The molecule has 136 valence electrons. The summed E-state index contributed by atoms with van der Waals surface area (Å²) in [6.45, 7) is 6.03. The third kappa shape index (κ3) is 3.61. The SMILES string of the molecule is CC1CN(C(=O)NC2CCN(Cc3ccccc3)CC2)c2ccccc21. The molecule has 1 atom stereocenters. The Labute approximate surface area is 155 Å². The smallest absolute Gasteiger partial charge is 0.322 e. The number of hydrogen-bond acceptors (Lipinski definition) is 2. The Bertz CT molecular complexity index is 753. The van der Waals surface area contributed by atoms with Gasteiger partial charge in [0.05, 0.1) is 0 Å². The molecule has 2 aromatic rings. The largest absolute Gasteiger partial charge is 0.335 e. The van der Waals surface area contributed by atoms with Crippen LogP contribution in [-0.2, 0) is 6.54 Å². The maximum Gasteiger partial charge on any atom is 0.322 e. The van der Waals surface area contributed by atoms with Crippen molar-refractivity contribution in [3.05, 3.63) is 65.7 Å². The van der Waals surface area contributed by atoms with E-state index in [9.17, 15) is 4.79 Å². The number of benzene rings is 2. The maximum atomic E-state index is 12.8. The van der Waals surface area contributed by atoms with Gasteiger partial charge in [0.2, 0.25) is 0 Å². The molecule has 26 heavy (non-hydrogen) atoms. The Morgan fingerprint density at radius 3 is 2.50 bits per heavy atom. The van der Waals surface area contributed by atoms with Crippen LogP contribution < -0.4 is 10.2 Å². The highest BCUT2D eigenvalue weighted by atomic mass is 16.2. The molecule has 4 rings (SSSR count). The monoisotopic (exact) mass is 349 g/mol. The Morgan fingerprint density at radius 1 is 1.04 bits per heavy atom. The average molecular weight is 349 g/mol. The molecule has 1 unspecified atom stereocenters. The highest BCUT2D eigenvalue weighted by molar-refractivity contribution is 5.94. The first kappa shape index (κ1) is 17.1. The van der Waals surface area contributed by atoms with Crippen molar-refractivity contribution in [2.75, 3.05) is 24.5 Å². The molecule has 0 saturated carbocycles. The first-order valence-electron chi connectivity index (χ1n) is 9.64. The van der Waals surface area contributed by atoms with Crippen molar-refractivity contribution < 1.29 is 4.79 Å². The molecule has 0 aliphatic carbocycles. The standard InChI is InChI=1S/C22H27N3O/c1-17-15-25(21-10-6-5-9-20(17)21)22(26)23-19-11-13-24(14-12-19)16-18-7-3-2-4-8-18/h2-10,17,19H,11-16H2,1H3,(H,23,26). The van der Waals surface area contributed by atoms with E-state index in [1.54, 1.807) is 0 Å². The van der Waals surface area contributed by atoms with E-state index >= 15 is 0 Å². The fourth-order valence-corrected chi connectivity index (χ4v) is 4.14. The van der Waals surface area contributed by atoms with Gasteiger partial charge >= 0.3 is 6.03 Å². The molecule has 0 bridgehead atoms. The minimum atomic E-state index is 0.0586. The van der Waals surface area contributed by atoms with E-state index in [2.05, 4.69) is 65.7 Å². The maximum absolute atomic E-state index is 12.8. The van der Waals surface area contributed by atoms with Gasteiger partial charge in [0.25, 0.3) is 0 Å². The number of nitrogens with zero attached hydrogens (tertiary/aromatic N) is 2. The highest BCUT2D eigenvalue weighted by Crippen LogP contribution is 2.35. The Kier molecular flexibility index (Phi) is 4.93. The molecule has 2 aliphatic rings. The third-order valence-corrected chi connectivity index (χ3v) is 5.62. The number of hydrogen-bond donors (Lipinski definition) is 1. The lowest BCUT2D eigenvalue weighted by molar-refractivity contribution is 0.188. The van der Waals surface area contributed by atoms with Gasteiger partial charge in [-0.25, -0.2) is 4.79 Å². The number of fused-ring (bicyclic) bond motifs is 1. The van der Waals surface area contributed by atoms with Crippen LogP contribution >= 0.6 is 0 Å². The van der Waals surface area contributed by atoms with E-state index in [-0.39, 0.29) is 12.1 Å². The van der Waals surface area contributed by atoms with Crippen molar-refractivity contribution >= 4 is 11.7 Å². The number of para-hydroxylation sites is 1. The van der Waals surface area contributed by atoms with Crippen LogP contribution in [0.15, 0.2) is 54.6 Å². The molecule has 0 aromatic heterocycles. The van der Waals surface area contributed by atoms with E-state index in [4.69, 9.17) is 0 Å². The summed E-state index contributed by atoms with van der Waals surface area (Å²) in [5, 5.41) is 3.27. The zero-order chi connectivity index (χ0) is 17.9. The average Bonchev–Trinajstić information content (AvgIpc) is 3.01. The summed E-state index contributed by atoms with van der Waals surface area (Å²) in [5.41, 5.74) is 3.71. The lowest BCUT2D eigenvalue weighted by atomic mass is 10.0. The van der Waals surface area contributed by atoms with Gasteiger partial charge in [0, 0.05) is 43.8 Å². The molecule has 2 aromatic carbocycles. The van der Waals surface area contributed by atoms with Crippen molar-refractivity contribution in [2.45, 2.75) is 38.3 Å². The molecule has 2 aliphatic heterocycles. The summed E-state index contributed by atoms with van der Waals surface area (Å²) < 4.78 is 0. The predicted molar refractivity (Wildman–Crippen MR) is 105 cm³/mol. The molecule has 2 heterocycles. The molecule has 0 radical (unpaired) electrons. The van der Waals surface area contributed by atoms with Gasteiger partial charge in [-0.05, 0) is 30.0 Å². The molecular formula is C22H27N3O. The van der Waals surface area contributed by atoms with Crippen LogP contribution in [0.2, 0.25) is 0 Å². The van der Waals surface area contributed by atoms with E-state index in [1.165, 1.54) is 11.1 Å². The zero-order valence-electron chi connectivity index (χ0n) is 15.4. The van der Waals surface area contributed by atoms with Crippen LogP contribution in [0.1, 0.15) is 36.8 Å². The van der Waals surface area contributed by atoms with Gasteiger partial charge in [-0.2, -0.15) is 0 Å². The van der Waals surface area contributed by atoms with E-state index in [0.717, 1.165) is 44.7 Å². The van der Waals surface area contributed by atoms with Crippen LogP contribution in [0, 0.1) is 0 Å². The van der Waals surface area contributed by atoms with Gasteiger partial charge < -0.3 is 5.32 Å². The lowest BCUT2D eigenvalue weighted by Gasteiger charge is -2.33. The number of nitrogens with one attached hydrogen (secondary N) is 1. The van der Waals surface area contributed by atoms with E-state index in [0.29, 0.717) is 5.92 Å². The lowest BCUT2D eigenvalue weighted by Crippen LogP contribution is -2.49. The Balaban J connectivity index is 1.30. The fourth-order valence-electron chi connectivity index (χ4n) is 4.14. The van der Waals surface area contributed by atoms with Gasteiger partial charge in [0.1, 0.15) is 0 Å². The Morgan fingerprint density at radius 2 is 1.73 bits per heavy atom. The second kappa shape index (κ2) is 7.50. The van der Waals surface area contributed by atoms with Crippen LogP contribution in [0.4, 0.5) is 10.5 Å². The number of urea groups is 1. The number of carbonyl (C=O) groups is 1. The van der Waals surface area contributed by atoms with Crippen LogP contribution in [-0.4, -0.2) is 36.6 Å². The summed E-state index contributed by atoms with van der Waals surface area (Å²) in [6, 6.07) is 19.2. The molecular weight excluding hydrogens is 322 g/mol. The topological polar surface area (TPSA) is 35.6 Å². The summed E-state index contributed by atoms with van der Waals surface area (Å²) in [7, 11) is 0. The number of anilines is 1. The van der Waals surface area contributed by atoms with Crippen LogP contribution in [0.3, 0.4) is 0 Å². The number of piperidine rings is 1. The number of amides is 2. The van der Waals surface area contributed by atoms with Crippen LogP contribution in [0.25, 0.3) is 0 Å². The molecule has 4 nitrogen and oxygen atoms in total. The summed E-state index contributed by atoms with van der Waals surface area (Å²) in [4.78, 5) is 17.2. The minimum absolute atomic E-state index is 0.0586. The van der Waals surface area contributed by atoms with Gasteiger partial charge in [-0.3, -0.25) is 9.80 Å². The van der Waals surface area contributed by atoms with Gasteiger partial charge in [0.15, 0.2) is 0 Å². The van der Waals surface area contributed by atoms with Gasteiger partial charge in [-0.1, -0.05) is 55.5 Å². The quantitative estimate of drug-likeness (QED) is 0.910. The second-order valence-electron chi connectivity index (χ2n) is 7.56. The van der Waals surface area contributed by atoms with Gasteiger partial charge in [-0.15, -0.1) is 0 Å². The second-order valence-corrected chi connectivity index (χ2v) is 7.56. The van der Waals surface area contributed by atoms with E-state index in [1.807, 2.05) is 11.0 Å². The Hall–Kier alpha value is -2.33. The molecule has 4 heteroatoms. The predicted octanol–water partition coefficient (Wildman–Crippen LogP) is 3.98. The normalized spacial score (nSPS) is 20.8.